The summed E-state index contributed by atoms with van der Waals surface area (Å²) in [4.78, 5) is 35.6. The van der Waals surface area contributed by atoms with Gasteiger partial charge in [0.2, 0.25) is 5.91 Å². The van der Waals surface area contributed by atoms with Crippen LogP contribution in [0.25, 0.3) is 22.9 Å². The molecule has 14 heteroatoms. The number of tetrazole rings is 1. The Morgan fingerprint density at radius 1 is 1.11 bits per heavy atom. The fourth-order valence-corrected chi connectivity index (χ4v) is 3.52. The molecule has 2 heterocycles. The van der Waals surface area contributed by atoms with Gasteiger partial charge in [0.05, 0.1) is 25.0 Å². The van der Waals surface area contributed by atoms with Crippen LogP contribution in [0.4, 0.5) is 10.5 Å². The second kappa shape index (κ2) is 11.7. The summed E-state index contributed by atoms with van der Waals surface area (Å²) in [7, 11) is 1.24. The molecule has 0 aliphatic rings. The highest BCUT2D eigenvalue weighted by atomic mass is 35.5. The van der Waals surface area contributed by atoms with Gasteiger partial charge in [0.25, 0.3) is 0 Å². The molecule has 0 unspecified atom stereocenters. The molecule has 192 valence electrons. The lowest BCUT2D eigenvalue weighted by atomic mass is 10.0. The van der Waals surface area contributed by atoms with E-state index in [1.807, 2.05) is 0 Å². The molecule has 0 saturated carbocycles. The Morgan fingerprint density at radius 2 is 1.89 bits per heavy atom. The van der Waals surface area contributed by atoms with Crippen molar-refractivity contribution in [1.29, 1.82) is 0 Å². The Hall–Kier alpha value is -5.17. The van der Waals surface area contributed by atoms with E-state index in [0.717, 1.165) is 0 Å². The van der Waals surface area contributed by atoms with Crippen LogP contribution in [-0.2, 0) is 16.1 Å². The second-order valence-corrected chi connectivity index (χ2v) is 8.04. The highest BCUT2D eigenvalue weighted by Gasteiger charge is 2.16. The van der Waals surface area contributed by atoms with E-state index in [1.54, 1.807) is 48.5 Å². The minimum Gasteiger partial charge on any atom is -0.476 e. The van der Waals surface area contributed by atoms with Gasteiger partial charge < -0.3 is 15.2 Å². The summed E-state index contributed by atoms with van der Waals surface area (Å²) in [5.74, 6) is -1.70. The first-order valence-electron chi connectivity index (χ1n) is 10.9. The van der Waals surface area contributed by atoms with Crippen molar-refractivity contribution in [3.05, 3.63) is 82.9 Å². The van der Waals surface area contributed by atoms with Crippen LogP contribution >= 0.6 is 11.6 Å². The number of hydrogen-bond donors (Lipinski definition) is 3. The van der Waals surface area contributed by atoms with Crippen molar-refractivity contribution in [3.63, 3.8) is 0 Å². The first kappa shape index (κ1) is 25.9. The number of carboxylic acid groups (broad SMARTS) is 1. The van der Waals surface area contributed by atoms with Crippen LogP contribution < -0.4 is 10.6 Å². The monoisotopic (exact) mass is 534 g/mol. The Bertz CT molecular complexity index is 1510. The van der Waals surface area contributed by atoms with E-state index in [4.69, 9.17) is 11.6 Å². The molecule has 0 radical (unpaired) electrons. The molecule has 0 atom stereocenters. The summed E-state index contributed by atoms with van der Waals surface area (Å²) >= 11 is 6.10. The van der Waals surface area contributed by atoms with Gasteiger partial charge in [0, 0.05) is 27.9 Å². The molecular weight excluding hydrogens is 516 g/mol. The number of nitrogens with zero attached hydrogens (tertiary/aromatic N) is 6. The van der Waals surface area contributed by atoms with Crippen molar-refractivity contribution in [2.75, 3.05) is 12.4 Å². The van der Waals surface area contributed by atoms with Crippen LogP contribution in [0.1, 0.15) is 21.7 Å². The molecule has 0 aliphatic carbocycles. The molecular formula is C24H19ClN8O5. The number of amides is 2. The van der Waals surface area contributed by atoms with Crippen molar-refractivity contribution in [3.8, 4) is 16.8 Å². The number of rotatable bonds is 8. The maximum absolute atomic E-state index is 12.5. The van der Waals surface area contributed by atoms with Gasteiger partial charge in [-0.2, -0.15) is 9.78 Å². The first-order valence-corrected chi connectivity index (χ1v) is 11.3. The van der Waals surface area contributed by atoms with Gasteiger partial charge in [-0.25, -0.2) is 9.59 Å². The van der Waals surface area contributed by atoms with Crippen molar-refractivity contribution >= 4 is 41.3 Å². The highest BCUT2D eigenvalue weighted by Crippen LogP contribution is 2.25. The minimum absolute atomic E-state index is 0.0134. The molecule has 13 nitrogen and oxygen atoms in total. The summed E-state index contributed by atoms with van der Waals surface area (Å²) in [5, 5.41) is 34.0. The van der Waals surface area contributed by atoms with Gasteiger partial charge in [-0.05, 0) is 58.5 Å². The summed E-state index contributed by atoms with van der Waals surface area (Å²) in [5.41, 5.74) is 2.58. The van der Waals surface area contributed by atoms with E-state index in [9.17, 15) is 19.5 Å². The van der Waals surface area contributed by atoms with Gasteiger partial charge in [-0.1, -0.05) is 23.7 Å². The molecule has 0 saturated heterocycles. The maximum Gasteiger partial charge on any atom is 0.411 e. The number of carboxylic acids is 1. The molecule has 3 N–H and O–H groups in total. The normalized spacial score (nSPS) is 10.8. The molecule has 0 bridgehead atoms. The Balaban J connectivity index is 1.49. The van der Waals surface area contributed by atoms with Crippen molar-refractivity contribution < 1.29 is 24.2 Å². The van der Waals surface area contributed by atoms with Crippen LogP contribution in [0.3, 0.4) is 0 Å². The van der Waals surface area contributed by atoms with Crippen LogP contribution in [0.2, 0.25) is 5.02 Å². The minimum atomic E-state index is -1.26. The molecule has 0 aliphatic heterocycles. The summed E-state index contributed by atoms with van der Waals surface area (Å²) in [6.45, 7) is -0.0134. The third-order valence-electron chi connectivity index (χ3n) is 5.12. The number of halogens is 1. The zero-order valence-corrected chi connectivity index (χ0v) is 20.5. The van der Waals surface area contributed by atoms with Crippen molar-refractivity contribution in [1.82, 2.24) is 35.7 Å². The quantitative estimate of drug-likeness (QED) is 0.285. The summed E-state index contributed by atoms with van der Waals surface area (Å²) in [6, 6.07) is 13.0. The third-order valence-corrected chi connectivity index (χ3v) is 5.35. The van der Waals surface area contributed by atoms with Gasteiger partial charge in [0.1, 0.15) is 6.33 Å². The fraction of sp³-hybridized carbons (Fsp3) is 0.0833. The third kappa shape index (κ3) is 6.33. The fourth-order valence-electron chi connectivity index (χ4n) is 3.34. The van der Waals surface area contributed by atoms with E-state index in [2.05, 4.69) is 41.1 Å². The van der Waals surface area contributed by atoms with E-state index in [0.29, 0.717) is 38.8 Å². The number of methoxy groups -OCH3 is 1. The molecule has 2 aromatic heterocycles. The predicted molar refractivity (Wildman–Crippen MR) is 135 cm³/mol. The largest absolute Gasteiger partial charge is 0.476 e. The predicted octanol–water partition coefficient (Wildman–Crippen LogP) is 2.98. The SMILES string of the molecule is COC(=O)Nc1ccc(-c2cc(CNC(=O)/C=C/c3cc(Cl)ccc3-n3cnnn3)nnc2C(=O)O)cc1. The van der Waals surface area contributed by atoms with E-state index >= 15 is 0 Å². The topological polar surface area (TPSA) is 174 Å². The lowest BCUT2D eigenvalue weighted by Crippen LogP contribution is -2.21. The van der Waals surface area contributed by atoms with Gasteiger partial charge in [-0.15, -0.1) is 10.2 Å². The molecule has 4 aromatic rings. The van der Waals surface area contributed by atoms with Gasteiger partial charge in [0.15, 0.2) is 5.69 Å². The zero-order chi connectivity index (χ0) is 27.1. The van der Waals surface area contributed by atoms with Crippen LogP contribution in [0, 0.1) is 0 Å². The Morgan fingerprint density at radius 3 is 2.58 bits per heavy atom. The average molecular weight is 535 g/mol. The van der Waals surface area contributed by atoms with Crippen LogP contribution in [0.15, 0.2) is 60.9 Å². The Kier molecular flexibility index (Phi) is 7.98. The number of carbonyl (C=O) groups excluding carboxylic acids is 2. The number of hydrogen-bond acceptors (Lipinski definition) is 9. The molecule has 2 amide bonds. The van der Waals surface area contributed by atoms with E-state index in [-0.39, 0.29) is 12.2 Å². The molecule has 38 heavy (non-hydrogen) atoms. The molecule has 0 spiro atoms. The zero-order valence-electron chi connectivity index (χ0n) is 19.7. The van der Waals surface area contributed by atoms with Crippen molar-refractivity contribution in [2.45, 2.75) is 6.54 Å². The number of carbonyl (C=O) groups is 3. The summed E-state index contributed by atoms with van der Waals surface area (Å²) in [6.07, 6.45) is 3.66. The number of nitrogens with one attached hydrogen (secondary N) is 2. The molecule has 2 aromatic carbocycles. The van der Waals surface area contributed by atoms with Crippen LogP contribution in [0.5, 0.6) is 0 Å². The number of benzene rings is 2. The number of anilines is 1. The number of ether oxygens (including phenoxy) is 1. The second-order valence-electron chi connectivity index (χ2n) is 7.61. The standard InChI is InChI=1S/C24H19ClN8O5/c1-38-24(37)28-17-6-2-14(3-7-17)19-11-18(29-30-22(19)23(35)36)12-26-21(34)9-4-15-10-16(25)5-8-20(15)33-13-27-31-32-33/h2-11,13H,12H2,1H3,(H,26,34)(H,28,37)(H,35,36)/b9-4+. The lowest BCUT2D eigenvalue weighted by molar-refractivity contribution is -0.116. The smallest absolute Gasteiger partial charge is 0.411 e. The van der Waals surface area contributed by atoms with Gasteiger partial charge in [-0.3, -0.25) is 10.1 Å². The first-order chi connectivity index (χ1) is 18.3. The molecule has 0 fully saturated rings. The average Bonchev–Trinajstić information content (AvgIpc) is 3.45. The number of aromatic carboxylic acids is 1. The maximum atomic E-state index is 12.5. The number of aromatic nitrogens is 6. The van der Waals surface area contributed by atoms with Gasteiger partial charge >= 0.3 is 12.1 Å². The van der Waals surface area contributed by atoms with E-state index in [1.165, 1.54) is 30.3 Å². The lowest BCUT2D eigenvalue weighted by Gasteiger charge is -2.09. The van der Waals surface area contributed by atoms with Crippen molar-refractivity contribution in [2.24, 2.45) is 0 Å². The Labute approximate surface area is 220 Å². The molecule has 4 rings (SSSR count). The summed E-state index contributed by atoms with van der Waals surface area (Å²) < 4.78 is 5.99. The van der Waals surface area contributed by atoms with E-state index < -0.39 is 18.0 Å². The van der Waals surface area contributed by atoms with Crippen LogP contribution in [-0.4, -0.2) is 60.6 Å². The highest BCUT2D eigenvalue weighted by molar-refractivity contribution is 6.30.